The fraction of sp³-hybridized carbons (Fsp3) is 0. The number of carbonyl (C=O) groups is 1. The Kier molecular flexibility index (Phi) is 3.77. The van der Waals surface area contributed by atoms with E-state index in [0.29, 0.717) is 5.52 Å². The molecule has 0 unspecified atom stereocenters. The molecule has 0 saturated heterocycles. The van der Waals surface area contributed by atoms with Crippen molar-refractivity contribution in [1.82, 2.24) is 4.98 Å². The van der Waals surface area contributed by atoms with E-state index in [4.69, 9.17) is 5.26 Å². The first-order chi connectivity index (χ1) is 6.81. The van der Waals surface area contributed by atoms with Gasteiger partial charge in [0.05, 0.1) is 5.52 Å². The molecule has 0 radical (unpaired) electrons. The molecule has 15 heavy (non-hydrogen) atoms. The fourth-order valence-electron chi connectivity index (χ4n) is 1.23. The van der Waals surface area contributed by atoms with Gasteiger partial charge < -0.3 is 0 Å². The first-order valence-corrected chi connectivity index (χ1v) is 4.03. The largest absolute Gasteiger partial charge is 0.390 e. The van der Waals surface area contributed by atoms with Crippen LogP contribution in [0.25, 0.3) is 10.9 Å². The van der Waals surface area contributed by atoms with E-state index in [1.807, 2.05) is 18.2 Å². The van der Waals surface area contributed by atoms with Crippen LogP contribution in [0.1, 0.15) is 10.5 Å². The van der Waals surface area contributed by atoms with E-state index < -0.39 is 5.97 Å². The van der Waals surface area contributed by atoms with Crippen LogP contribution in [0.5, 0.6) is 0 Å². The van der Waals surface area contributed by atoms with E-state index in [1.165, 1.54) is 6.07 Å². The number of fused-ring (bicyclic) bond motifs is 1. The van der Waals surface area contributed by atoms with Crippen molar-refractivity contribution in [2.24, 2.45) is 0 Å². The van der Waals surface area contributed by atoms with Crippen molar-refractivity contribution in [2.45, 2.75) is 0 Å². The fourth-order valence-corrected chi connectivity index (χ4v) is 1.23. The predicted octanol–water partition coefficient (Wildman–Crippen LogP) is 1.86. The zero-order valence-corrected chi connectivity index (χ0v) is 8.48. The molecule has 0 fully saturated rings. The number of nitrogens with zero attached hydrogens (tertiary/aromatic N) is 1. The van der Waals surface area contributed by atoms with Gasteiger partial charge in [-0.15, -0.1) is 0 Å². The summed E-state index contributed by atoms with van der Waals surface area (Å²) in [6, 6.07) is 10.6. The smallest absolute Gasteiger partial charge is 0.294 e. The van der Waals surface area contributed by atoms with E-state index in [0.717, 1.165) is 5.39 Å². The molecule has 1 aromatic heterocycles. The van der Waals surface area contributed by atoms with Gasteiger partial charge in [0, 0.05) is 21.9 Å². The molecule has 2 rings (SSSR count). The molecule has 0 aliphatic heterocycles. The first-order valence-electron chi connectivity index (χ1n) is 4.03. The molecule has 0 amide bonds. The van der Waals surface area contributed by atoms with Gasteiger partial charge in [-0.1, -0.05) is 24.3 Å². The third-order valence-electron chi connectivity index (χ3n) is 1.89. The normalized spacial score (nSPS) is 9.40. The van der Waals surface area contributed by atoms with Crippen molar-refractivity contribution in [3.8, 4) is 0 Å². The van der Waals surface area contributed by atoms with Gasteiger partial charge >= 0.3 is 5.97 Å². The van der Waals surface area contributed by atoms with Crippen LogP contribution in [0.2, 0.25) is 0 Å². The molecular formula is C10H7NNiO3. The van der Waals surface area contributed by atoms with Crippen LogP contribution >= 0.6 is 0 Å². The Bertz CT molecular complexity index is 487. The Hall–Kier alpha value is -1.45. The molecule has 1 N–H and O–H groups in total. The molecule has 4 nitrogen and oxygen atoms in total. The van der Waals surface area contributed by atoms with Crippen molar-refractivity contribution in [2.75, 3.05) is 0 Å². The molecule has 0 atom stereocenters. The minimum atomic E-state index is -0.851. The molecule has 0 spiro atoms. The number of carbonyl (C=O) groups excluding carboxylic acids is 1. The van der Waals surface area contributed by atoms with Crippen LogP contribution < -0.4 is 0 Å². The molecule has 80 valence electrons. The Morgan fingerprint density at radius 3 is 2.67 bits per heavy atom. The van der Waals surface area contributed by atoms with E-state index in [9.17, 15) is 4.79 Å². The second-order valence-corrected chi connectivity index (χ2v) is 2.77. The molecule has 5 heteroatoms. The summed E-state index contributed by atoms with van der Waals surface area (Å²) in [7, 11) is 0. The Morgan fingerprint density at radius 2 is 1.93 bits per heavy atom. The van der Waals surface area contributed by atoms with Crippen LogP contribution in [0.15, 0.2) is 36.4 Å². The van der Waals surface area contributed by atoms with Crippen molar-refractivity contribution >= 4 is 16.9 Å². The van der Waals surface area contributed by atoms with Crippen molar-refractivity contribution < 1.29 is 31.4 Å². The SMILES string of the molecule is O=C(OO)c1ccc2ccccc2n1.[Ni]. The predicted molar refractivity (Wildman–Crippen MR) is 49.8 cm³/mol. The van der Waals surface area contributed by atoms with E-state index >= 15 is 0 Å². The number of pyridine rings is 1. The van der Waals surface area contributed by atoms with Gasteiger partial charge in [-0.05, 0) is 12.1 Å². The van der Waals surface area contributed by atoms with Gasteiger partial charge in [0.15, 0.2) is 5.69 Å². The van der Waals surface area contributed by atoms with Crippen molar-refractivity contribution in [1.29, 1.82) is 0 Å². The summed E-state index contributed by atoms with van der Waals surface area (Å²) in [5.74, 6) is -0.851. The molecule has 1 heterocycles. The molecule has 0 bridgehead atoms. The summed E-state index contributed by atoms with van der Waals surface area (Å²) in [6.45, 7) is 0. The minimum absolute atomic E-state index is 0. The topological polar surface area (TPSA) is 59.4 Å². The third kappa shape index (κ3) is 2.32. The number of para-hydroxylation sites is 1. The molecule has 0 aliphatic carbocycles. The average Bonchev–Trinajstić information content (AvgIpc) is 2.27. The number of hydrogen-bond donors (Lipinski definition) is 1. The summed E-state index contributed by atoms with van der Waals surface area (Å²) < 4.78 is 0. The molecule has 0 saturated carbocycles. The van der Waals surface area contributed by atoms with Gasteiger partial charge in [-0.3, -0.25) is 4.89 Å². The van der Waals surface area contributed by atoms with Crippen LogP contribution in [0.3, 0.4) is 0 Å². The first kappa shape index (κ1) is 11.6. The number of benzene rings is 1. The van der Waals surface area contributed by atoms with E-state index in [2.05, 4.69) is 9.87 Å². The monoisotopic (exact) mass is 247 g/mol. The number of aromatic nitrogens is 1. The summed E-state index contributed by atoms with van der Waals surface area (Å²) >= 11 is 0. The quantitative estimate of drug-likeness (QED) is 0.475. The summed E-state index contributed by atoms with van der Waals surface area (Å²) in [5, 5.41) is 9.10. The summed E-state index contributed by atoms with van der Waals surface area (Å²) in [4.78, 5) is 18.5. The Balaban J connectivity index is 0.00000112. The maximum absolute atomic E-state index is 10.9. The molecule has 0 aliphatic rings. The van der Waals surface area contributed by atoms with Crippen LogP contribution in [0.4, 0.5) is 0 Å². The van der Waals surface area contributed by atoms with Gasteiger partial charge in [0.1, 0.15) is 0 Å². The second kappa shape index (κ2) is 4.87. The Labute approximate surface area is 95.7 Å². The molecule has 2 aromatic rings. The van der Waals surface area contributed by atoms with Gasteiger partial charge in [0.25, 0.3) is 0 Å². The maximum Gasteiger partial charge on any atom is 0.390 e. The molecule has 1 aromatic carbocycles. The zero-order valence-electron chi connectivity index (χ0n) is 7.49. The minimum Gasteiger partial charge on any atom is -0.294 e. The molecular weight excluding hydrogens is 241 g/mol. The van der Waals surface area contributed by atoms with Gasteiger partial charge in [0.2, 0.25) is 0 Å². The zero-order chi connectivity index (χ0) is 9.97. The van der Waals surface area contributed by atoms with Crippen LogP contribution in [-0.4, -0.2) is 16.2 Å². The van der Waals surface area contributed by atoms with E-state index in [1.54, 1.807) is 12.1 Å². The summed E-state index contributed by atoms with van der Waals surface area (Å²) in [5.41, 5.74) is 0.779. The average molecular weight is 248 g/mol. The van der Waals surface area contributed by atoms with Gasteiger partial charge in [-0.25, -0.2) is 9.78 Å². The number of rotatable bonds is 1. The van der Waals surface area contributed by atoms with Gasteiger partial charge in [-0.2, -0.15) is 5.26 Å². The van der Waals surface area contributed by atoms with Crippen molar-refractivity contribution in [3.05, 3.63) is 42.1 Å². The Morgan fingerprint density at radius 1 is 1.20 bits per heavy atom. The van der Waals surface area contributed by atoms with E-state index in [-0.39, 0.29) is 22.2 Å². The third-order valence-corrected chi connectivity index (χ3v) is 1.89. The maximum atomic E-state index is 10.9. The van der Waals surface area contributed by atoms with Crippen molar-refractivity contribution in [3.63, 3.8) is 0 Å². The second-order valence-electron chi connectivity index (χ2n) is 2.77. The van der Waals surface area contributed by atoms with Crippen LogP contribution in [0, 0.1) is 0 Å². The standard InChI is InChI=1S/C10H7NO3.Ni/c12-10(14-13)9-6-5-7-3-1-2-4-8(7)11-9;/h1-6,13H;. The van der Waals surface area contributed by atoms with Crippen LogP contribution in [-0.2, 0) is 21.4 Å². The number of hydrogen-bond acceptors (Lipinski definition) is 4. The summed E-state index contributed by atoms with van der Waals surface area (Å²) in [6.07, 6.45) is 0.